The molecule has 22 heavy (non-hydrogen) atoms. The van der Waals surface area contributed by atoms with Gasteiger partial charge in [-0.05, 0) is 56.9 Å². The maximum Gasteiger partial charge on any atom is 0.0958 e. The summed E-state index contributed by atoms with van der Waals surface area (Å²) in [4.78, 5) is 7.13. The summed E-state index contributed by atoms with van der Waals surface area (Å²) in [6.45, 7) is 7.22. The summed E-state index contributed by atoms with van der Waals surface area (Å²) >= 11 is 0. The summed E-state index contributed by atoms with van der Waals surface area (Å²) in [5.41, 5.74) is 2.38. The van der Waals surface area contributed by atoms with Crippen LogP contribution in [-0.2, 0) is 6.54 Å². The molecule has 0 saturated carbocycles. The molecule has 2 heterocycles. The first-order valence-electron chi connectivity index (χ1n) is 8.99. The minimum Gasteiger partial charge on any atom is -0.331 e. The van der Waals surface area contributed by atoms with Gasteiger partial charge in [0.05, 0.1) is 17.4 Å². The molecule has 0 radical (unpaired) electrons. The standard InChI is InChI=1S/C19H29N3/c1-2-3-7-17-10-14-21(15-11-17)12-6-13-22-16-20-18-8-4-5-9-19(18)22/h4-5,8-9,16-17H,2-3,6-7,10-15H2,1H3. The van der Waals surface area contributed by atoms with E-state index >= 15 is 0 Å². The van der Waals surface area contributed by atoms with Crippen molar-refractivity contribution in [3.63, 3.8) is 0 Å². The van der Waals surface area contributed by atoms with Crippen LogP contribution in [0.3, 0.4) is 0 Å². The van der Waals surface area contributed by atoms with Gasteiger partial charge >= 0.3 is 0 Å². The van der Waals surface area contributed by atoms with Crippen LogP contribution in [0.15, 0.2) is 30.6 Å². The third-order valence-electron chi connectivity index (χ3n) is 5.07. The predicted molar refractivity (Wildman–Crippen MR) is 93.0 cm³/mol. The zero-order valence-corrected chi connectivity index (χ0v) is 13.9. The van der Waals surface area contributed by atoms with Gasteiger partial charge in [-0.1, -0.05) is 38.3 Å². The van der Waals surface area contributed by atoms with E-state index in [1.54, 1.807) is 0 Å². The molecule has 3 heteroatoms. The fourth-order valence-corrected chi connectivity index (χ4v) is 3.64. The van der Waals surface area contributed by atoms with Crippen molar-refractivity contribution in [1.29, 1.82) is 0 Å². The minimum atomic E-state index is 0.994. The Morgan fingerprint density at radius 2 is 1.91 bits per heavy atom. The molecule has 1 aromatic heterocycles. The molecule has 1 aliphatic rings. The molecule has 0 spiro atoms. The molecule has 0 atom stereocenters. The predicted octanol–water partition coefficient (Wildman–Crippen LogP) is 4.33. The summed E-state index contributed by atoms with van der Waals surface area (Å²) in [5, 5.41) is 0. The van der Waals surface area contributed by atoms with Gasteiger partial charge in [0.2, 0.25) is 0 Å². The first-order valence-corrected chi connectivity index (χ1v) is 8.99. The van der Waals surface area contributed by atoms with E-state index in [1.165, 1.54) is 63.7 Å². The molecular weight excluding hydrogens is 270 g/mol. The molecule has 2 aromatic rings. The number of rotatable bonds is 7. The van der Waals surface area contributed by atoms with Crippen LogP contribution in [0.1, 0.15) is 45.4 Å². The second-order valence-corrected chi connectivity index (χ2v) is 6.71. The SMILES string of the molecule is CCCCC1CCN(CCCn2cnc3ccccc32)CC1. The number of nitrogens with zero attached hydrogens (tertiary/aromatic N) is 3. The van der Waals surface area contributed by atoms with Crippen molar-refractivity contribution >= 4 is 11.0 Å². The van der Waals surface area contributed by atoms with Crippen LogP contribution in [0, 0.1) is 5.92 Å². The lowest BCUT2D eigenvalue weighted by atomic mass is 9.91. The van der Waals surface area contributed by atoms with Gasteiger partial charge in [-0.2, -0.15) is 0 Å². The maximum atomic E-state index is 4.47. The molecule has 0 bridgehead atoms. The van der Waals surface area contributed by atoms with Crippen molar-refractivity contribution in [1.82, 2.24) is 14.5 Å². The summed E-state index contributed by atoms with van der Waals surface area (Å²) in [7, 11) is 0. The Morgan fingerprint density at radius 1 is 1.09 bits per heavy atom. The quantitative estimate of drug-likeness (QED) is 0.759. The van der Waals surface area contributed by atoms with Crippen LogP contribution in [0.2, 0.25) is 0 Å². The zero-order valence-electron chi connectivity index (χ0n) is 13.9. The lowest BCUT2D eigenvalue weighted by Crippen LogP contribution is -2.34. The van der Waals surface area contributed by atoms with Crippen molar-refractivity contribution in [2.75, 3.05) is 19.6 Å². The largest absolute Gasteiger partial charge is 0.331 e. The van der Waals surface area contributed by atoms with E-state index in [2.05, 4.69) is 45.6 Å². The Labute approximate surface area is 134 Å². The highest BCUT2D eigenvalue weighted by atomic mass is 15.1. The van der Waals surface area contributed by atoms with Crippen LogP contribution >= 0.6 is 0 Å². The van der Waals surface area contributed by atoms with E-state index in [1.807, 2.05) is 6.33 Å². The van der Waals surface area contributed by atoms with Gasteiger partial charge < -0.3 is 9.47 Å². The van der Waals surface area contributed by atoms with Crippen molar-refractivity contribution in [3.8, 4) is 0 Å². The highest BCUT2D eigenvalue weighted by molar-refractivity contribution is 5.74. The number of imidazole rings is 1. The number of para-hydroxylation sites is 2. The van der Waals surface area contributed by atoms with Gasteiger partial charge in [0.1, 0.15) is 0 Å². The summed E-state index contributed by atoms with van der Waals surface area (Å²) in [6, 6.07) is 8.42. The van der Waals surface area contributed by atoms with Crippen LogP contribution in [-0.4, -0.2) is 34.1 Å². The van der Waals surface area contributed by atoms with Crippen LogP contribution in [0.4, 0.5) is 0 Å². The number of likely N-dealkylation sites (tertiary alicyclic amines) is 1. The topological polar surface area (TPSA) is 21.1 Å². The Balaban J connectivity index is 1.41. The summed E-state index contributed by atoms with van der Waals surface area (Å²) in [5.74, 6) is 0.994. The van der Waals surface area contributed by atoms with Gasteiger partial charge in [-0.3, -0.25) is 0 Å². The van der Waals surface area contributed by atoms with Gasteiger partial charge in [0.15, 0.2) is 0 Å². The van der Waals surface area contributed by atoms with Gasteiger partial charge in [-0.25, -0.2) is 4.98 Å². The Bertz CT molecular complexity index is 567. The molecule has 0 amide bonds. The Kier molecular flexibility index (Phi) is 5.49. The molecule has 1 aliphatic heterocycles. The lowest BCUT2D eigenvalue weighted by Gasteiger charge is -2.32. The van der Waals surface area contributed by atoms with E-state index in [0.717, 1.165) is 18.0 Å². The third kappa shape index (κ3) is 3.89. The van der Waals surface area contributed by atoms with E-state index in [0.29, 0.717) is 0 Å². The molecule has 0 unspecified atom stereocenters. The number of hydrogen-bond donors (Lipinski definition) is 0. The second kappa shape index (κ2) is 7.77. The zero-order chi connectivity index (χ0) is 15.2. The third-order valence-corrected chi connectivity index (χ3v) is 5.07. The average molecular weight is 299 g/mol. The number of aryl methyl sites for hydroxylation is 1. The van der Waals surface area contributed by atoms with Crippen LogP contribution in [0.25, 0.3) is 11.0 Å². The van der Waals surface area contributed by atoms with E-state index in [9.17, 15) is 0 Å². The molecule has 1 saturated heterocycles. The Hall–Kier alpha value is -1.35. The van der Waals surface area contributed by atoms with E-state index in [4.69, 9.17) is 0 Å². The molecule has 0 aliphatic carbocycles. The van der Waals surface area contributed by atoms with Gasteiger partial charge in [0.25, 0.3) is 0 Å². The highest BCUT2D eigenvalue weighted by Crippen LogP contribution is 2.22. The van der Waals surface area contributed by atoms with Crippen molar-refractivity contribution in [3.05, 3.63) is 30.6 Å². The second-order valence-electron chi connectivity index (χ2n) is 6.71. The highest BCUT2D eigenvalue weighted by Gasteiger charge is 2.18. The molecule has 3 nitrogen and oxygen atoms in total. The van der Waals surface area contributed by atoms with Crippen molar-refractivity contribution in [2.24, 2.45) is 5.92 Å². The fourth-order valence-electron chi connectivity index (χ4n) is 3.64. The van der Waals surface area contributed by atoms with E-state index < -0.39 is 0 Å². The van der Waals surface area contributed by atoms with Crippen molar-refractivity contribution in [2.45, 2.75) is 52.0 Å². The Morgan fingerprint density at radius 3 is 2.73 bits per heavy atom. The normalized spacial score (nSPS) is 17.3. The maximum absolute atomic E-state index is 4.47. The van der Waals surface area contributed by atoms with E-state index in [-0.39, 0.29) is 0 Å². The number of fused-ring (bicyclic) bond motifs is 1. The fraction of sp³-hybridized carbons (Fsp3) is 0.632. The first kappa shape index (κ1) is 15.5. The number of piperidine rings is 1. The first-order chi connectivity index (χ1) is 10.9. The monoisotopic (exact) mass is 299 g/mol. The summed E-state index contributed by atoms with van der Waals surface area (Å²) in [6.07, 6.45) is 10.2. The molecular formula is C19H29N3. The minimum absolute atomic E-state index is 0.994. The number of aromatic nitrogens is 2. The number of unbranched alkanes of at least 4 members (excludes halogenated alkanes) is 1. The number of hydrogen-bond acceptors (Lipinski definition) is 2. The number of benzene rings is 1. The van der Waals surface area contributed by atoms with Crippen molar-refractivity contribution < 1.29 is 0 Å². The van der Waals surface area contributed by atoms with Crippen LogP contribution in [0.5, 0.6) is 0 Å². The smallest absolute Gasteiger partial charge is 0.0958 e. The molecule has 0 N–H and O–H groups in total. The molecule has 1 fully saturated rings. The van der Waals surface area contributed by atoms with Gasteiger partial charge in [-0.15, -0.1) is 0 Å². The summed E-state index contributed by atoms with van der Waals surface area (Å²) < 4.78 is 2.29. The van der Waals surface area contributed by atoms with Gasteiger partial charge in [0, 0.05) is 6.54 Å². The molecule has 1 aromatic carbocycles. The van der Waals surface area contributed by atoms with Crippen LogP contribution < -0.4 is 0 Å². The lowest BCUT2D eigenvalue weighted by molar-refractivity contribution is 0.174. The average Bonchev–Trinajstić information content (AvgIpc) is 2.98. The molecule has 3 rings (SSSR count). The molecule has 120 valence electrons.